The predicted molar refractivity (Wildman–Crippen MR) is 132 cm³/mol. The molecule has 1 aliphatic heterocycles. The van der Waals surface area contributed by atoms with Crippen LogP contribution in [0.15, 0.2) is 96.9 Å². The van der Waals surface area contributed by atoms with Crippen molar-refractivity contribution in [2.45, 2.75) is 12.8 Å². The van der Waals surface area contributed by atoms with E-state index in [2.05, 4.69) is 10.6 Å². The molecule has 4 rings (SSSR count). The smallest absolute Gasteiger partial charge is 0.416 e. The van der Waals surface area contributed by atoms with Gasteiger partial charge in [0, 0.05) is 42.8 Å². The number of hydrogen-bond donors (Lipinski definition) is 2. The topological polar surface area (TPSA) is 62.8 Å². The normalized spacial score (nSPS) is 13.1. The van der Waals surface area contributed by atoms with E-state index < -0.39 is 17.8 Å². The molecule has 36 heavy (non-hydrogen) atoms. The highest BCUT2D eigenvalue weighted by Gasteiger charge is 2.32. The molecule has 0 bridgehead atoms. The summed E-state index contributed by atoms with van der Waals surface area (Å²) in [4.78, 5) is 14.4. The number of nitrogens with zero attached hydrogens (tertiary/aromatic N) is 1. The zero-order chi connectivity index (χ0) is 25.5. The summed E-state index contributed by atoms with van der Waals surface area (Å²) >= 11 is 0. The number of allylic oxidation sites excluding steroid dienone is 1. The highest BCUT2D eigenvalue weighted by atomic mass is 19.4. The molecule has 0 aliphatic carbocycles. The second-order valence-electron chi connectivity index (χ2n) is 8.04. The van der Waals surface area contributed by atoms with Gasteiger partial charge in [0.15, 0.2) is 0 Å². The number of hydrogen-bond acceptors (Lipinski definition) is 4. The molecule has 0 unspecified atom stereocenters. The van der Waals surface area contributed by atoms with Crippen LogP contribution in [0.3, 0.4) is 0 Å². The van der Waals surface area contributed by atoms with Crippen molar-refractivity contribution >= 4 is 17.4 Å². The fraction of sp³-hybridized carbons (Fsp3) is 0.148. The van der Waals surface area contributed by atoms with Gasteiger partial charge in [0.1, 0.15) is 23.9 Å². The lowest BCUT2D eigenvalue weighted by Crippen LogP contribution is -2.19. The number of carbonyl (C=O) groups is 1. The molecule has 3 aromatic rings. The fourth-order valence-electron chi connectivity index (χ4n) is 3.42. The highest BCUT2D eigenvalue weighted by Crippen LogP contribution is 2.32. The molecule has 9 heteroatoms. The van der Waals surface area contributed by atoms with E-state index in [1.54, 1.807) is 42.5 Å². The lowest BCUT2D eigenvalue weighted by molar-refractivity contribution is -0.138. The van der Waals surface area contributed by atoms with E-state index in [1.165, 1.54) is 24.3 Å². The Morgan fingerprint density at radius 1 is 0.944 bits per heavy atom. The lowest BCUT2D eigenvalue weighted by Gasteiger charge is -2.17. The van der Waals surface area contributed by atoms with Crippen LogP contribution in [0.1, 0.15) is 11.1 Å². The lowest BCUT2D eigenvalue weighted by atomic mass is 10.1. The average molecular weight is 496 g/mol. The van der Waals surface area contributed by atoms with Crippen molar-refractivity contribution in [3.05, 3.63) is 108 Å². The largest absolute Gasteiger partial charge is 0.489 e. The monoisotopic (exact) mass is 495 g/mol. The molecular formula is C27H24F3N3O3. The van der Waals surface area contributed by atoms with E-state index in [4.69, 9.17) is 9.47 Å². The minimum absolute atomic E-state index is 0.0247. The molecule has 3 aromatic carbocycles. The molecule has 0 saturated carbocycles. The summed E-state index contributed by atoms with van der Waals surface area (Å²) in [6.45, 7) is 0.502. The van der Waals surface area contributed by atoms with Crippen molar-refractivity contribution < 1.29 is 27.4 Å². The number of benzene rings is 3. The van der Waals surface area contributed by atoms with Crippen molar-refractivity contribution in [3.8, 4) is 11.5 Å². The van der Waals surface area contributed by atoms with Crippen molar-refractivity contribution in [2.24, 2.45) is 0 Å². The van der Waals surface area contributed by atoms with Crippen LogP contribution in [0.5, 0.6) is 11.5 Å². The van der Waals surface area contributed by atoms with Gasteiger partial charge in [0.05, 0.1) is 5.56 Å². The molecule has 2 amide bonds. The summed E-state index contributed by atoms with van der Waals surface area (Å²) < 4.78 is 50.9. The molecule has 186 valence electrons. The Bertz CT molecular complexity index is 1270. The van der Waals surface area contributed by atoms with E-state index in [9.17, 15) is 18.0 Å². The Balaban J connectivity index is 1.31. The van der Waals surface area contributed by atoms with Gasteiger partial charge in [0.2, 0.25) is 0 Å². The van der Waals surface area contributed by atoms with Crippen molar-refractivity contribution in [3.63, 3.8) is 0 Å². The number of amides is 2. The zero-order valence-corrected chi connectivity index (χ0v) is 19.4. The van der Waals surface area contributed by atoms with Crippen LogP contribution < -0.4 is 20.1 Å². The van der Waals surface area contributed by atoms with E-state index >= 15 is 0 Å². The third-order valence-corrected chi connectivity index (χ3v) is 5.23. The first-order chi connectivity index (χ1) is 17.3. The molecule has 0 fully saturated rings. The van der Waals surface area contributed by atoms with E-state index in [0.717, 1.165) is 18.4 Å². The zero-order valence-electron chi connectivity index (χ0n) is 19.4. The fourth-order valence-corrected chi connectivity index (χ4v) is 3.42. The SMILES string of the molecule is CN1C=CC(Oc2ccc(NC(=O)Nc3cccc(OCc4ccccc4C(F)(F)F)c3)cc2)=CC1. The molecule has 0 saturated heterocycles. The molecule has 0 radical (unpaired) electrons. The van der Waals surface area contributed by atoms with Crippen LogP contribution in [0, 0.1) is 0 Å². The Morgan fingerprint density at radius 3 is 2.42 bits per heavy atom. The van der Waals surface area contributed by atoms with Crippen LogP contribution >= 0.6 is 0 Å². The maximum atomic E-state index is 13.2. The highest BCUT2D eigenvalue weighted by molar-refractivity contribution is 5.99. The first kappa shape index (κ1) is 24.7. The quantitative estimate of drug-likeness (QED) is 0.385. The third kappa shape index (κ3) is 6.82. The molecule has 1 aliphatic rings. The number of carbonyl (C=O) groups excluding carboxylic acids is 1. The van der Waals surface area contributed by atoms with Crippen LogP contribution in [0.2, 0.25) is 0 Å². The van der Waals surface area contributed by atoms with Crippen molar-refractivity contribution in [1.29, 1.82) is 0 Å². The van der Waals surface area contributed by atoms with Gasteiger partial charge in [-0.25, -0.2) is 4.79 Å². The predicted octanol–water partition coefficient (Wildman–Crippen LogP) is 6.65. The van der Waals surface area contributed by atoms with Gasteiger partial charge in [-0.3, -0.25) is 0 Å². The standard InChI is InChI=1S/C27H24F3N3O3/c1-33-15-13-23(14-16-33)36-22-11-9-20(10-12-22)31-26(34)32-21-6-4-7-24(17-21)35-18-19-5-2-3-8-25(19)27(28,29)30/h2-15,17H,16,18H2,1H3,(H2,31,32,34). The molecule has 6 nitrogen and oxygen atoms in total. The number of likely N-dealkylation sites (N-methyl/N-ethyl adjacent to an activating group) is 1. The van der Waals surface area contributed by atoms with Crippen LogP contribution in [0.25, 0.3) is 0 Å². The first-order valence-corrected chi connectivity index (χ1v) is 11.1. The third-order valence-electron chi connectivity index (χ3n) is 5.23. The molecule has 1 heterocycles. The van der Waals surface area contributed by atoms with Crippen LogP contribution in [0.4, 0.5) is 29.3 Å². The van der Waals surface area contributed by atoms with E-state index in [-0.39, 0.29) is 12.2 Å². The molecule has 0 atom stereocenters. The Morgan fingerprint density at radius 2 is 1.69 bits per heavy atom. The van der Waals surface area contributed by atoms with Gasteiger partial charge in [-0.2, -0.15) is 13.2 Å². The number of ether oxygens (including phenoxy) is 2. The summed E-state index contributed by atoms with van der Waals surface area (Å²) in [7, 11) is 1.97. The average Bonchev–Trinajstić information content (AvgIpc) is 2.85. The Hall–Kier alpha value is -4.40. The van der Waals surface area contributed by atoms with Crippen molar-refractivity contribution in [2.75, 3.05) is 24.2 Å². The van der Waals surface area contributed by atoms with Gasteiger partial charge in [-0.05, 0) is 54.6 Å². The van der Waals surface area contributed by atoms with Gasteiger partial charge in [-0.1, -0.05) is 24.3 Å². The molecular weight excluding hydrogens is 471 g/mol. The minimum atomic E-state index is -4.47. The summed E-state index contributed by atoms with van der Waals surface area (Å²) in [6.07, 6.45) is 1.30. The minimum Gasteiger partial charge on any atom is -0.489 e. The van der Waals surface area contributed by atoms with Gasteiger partial charge < -0.3 is 25.0 Å². The number of nitrogens with one attached hydrogen (secondary N) is 2. The first-order valence-electron chi connectivity index (χ1n) is 11.1. The summed E-state index contributed by atoms with van der Waals surface area (Å²) in [6, 6.07) is 18.1. The second kappa shape index (κ2) is 10.9. The van der Waals surface area contributed by atoms with Crippen LogP contribution in [-0.2, 0) is 12.8 Å². The molecule has 0 aromatic heterocycles. The van der Waals surface area contributed by atoms with Gasteiger partial charge in [-0.15, -0.1) is 0 Å². The number of alkyl halides is 3. The van der Waals surface area contributed by atoms with E-state index in [1.807, 2.05) is 30.3 Å². The van der Waals surface area contributed by atoms with Crippen molar-refractivity contribution in [1.82, 2.24) is 4.90 Å². The molecule has 2 N–H and O–H groups in total. The number of anilines is 2. The van der Waals surface area contributed by atoms with Gasteiger partial charge >= 0.3 is 12.2 Å². The van der Waals surface area contributed by atoms with Gasteiger partial charge in [0.25, 0.3) is 0 Å². The summed E-state index contributed by atoms with van der Waals surface area (Å²) in [5.74, 6) is 1.71. The summed E-state index contributed by atoms with van der Waals surface area (Å²) in [5.41, 5.74) is 0.269. The molecule has 0 spiro atoms. The Kier molecular flexibility index (Phi) is 7.48. The number of urea groups is 1. The maximum Gasteiger partial charge on any atom is 0.416 e. The Labute approximate surface area is 206 Å². The van der Waals surface area contributed by atoms with E-state index in [0.29, 0.717) is 22.9 Å². The number of rotatable bonds is 7. The van der Waals surface area contributed by atoms with Crippen LogP contribution in [-0.4, -0.2) is 24.5 Å². The summed E-state index contributed by atoms with van der Waals surface area (Å²) in [5, 5.41) is 5.41. The number of halogens is 3. The maximum absolute atomic E-state index is 13.2. The second-order valence-corrected chi connectivity index (χ2v) is 8.04.